The minimum Gasteiger partial charge on any atom is -0.308 e. The van der Waals surface area contributed by atoms with Crippen molar-refractivity contribution in [2.45, 2.75) is 51.6 Å². The number of rotatable bonds is 5. The van der Waals surface area contributed by atoms with Crippen molar-refractivity contribution < 1.29 is 4.39 Å². The molecule has 2 atom stereocenters. The monoisotopic (exact) mass is 242 g/mol. The molecule has 1 N–H and O–H groups in total. The summed E-state index contributed by atoms with van der Waals surface area (Å²) in [7, 11) is 0. The highest BCUT2D eigenvalue weighted by atomic mass is 19.1. The molecule has 0 spiro atoms. The van der Waals surface area contributed by atoms with Gasteiger partial charge in [-0.3, -0.25) is 9.29 Å². The zero-order valence-electron chi connectivity index (χ0n) is 11.5. The Bertz CT molecular complexity index is 253. The van der Waals surface area contributed by atoms with E-state index in [1.807, 2.05) is 0 Å². The van der Waals surface area contributed by atoms with Crippen LogP contribution in [0.2, 0.25) is 0 Å². The first kappa shape index (κ1) is 13.3. The van der Waals surface area contributed by atoms with Crippen LogP contribution in [0.5, 0.6) is 0 Å². The molecule has 3 heteroatoms. The Labute approximate surface area is 105 Å². The molecule has 2 nitrogen and oxygen atoms in total. The molecule has 2 unspecified atom stereocenters. The summed E-state index contributed by atoms with van der Waals surface area (Å²) in [5, 5.41) is 3.76. The SMILES string of the molecule is CC(C)C1CNC(C)(C2CC2)CN1CCCF. The highest BCUT2D eigenvalue weighted by Gasteiger charge is 2.46. The molecule has 1 aliphatic heterocycles. The Kier molecular flexibility index (Phi) is 4.09. The summed E-state index contributed by atoms with van der Waals surface area (Å²) in [6, 6.07) is 0.577. The molecule has 0 aromatic heterocycles. The van der Waals surface area contributed by atoms with E-state index in [1.165, 1.54) is 12.8 Å². The van der Waals surface area contributed by atoms with Crippen molar-refractivity contribution in [3.8, 4) is 0 Å². The average molecular weight is 242 g/mol. The van der Waals surface area contributed by atoms with E-state index >= 15 is 0 Å². The third-order valence-corrected chi connectivity index (χ3v) is 4.54. The molecule has 1 aliphatic carbocycles. The minimum absolute atomic E-state index is 0.186. The number of alkyl halides is 1. The van der Waals surface area contributed by atoms with E-state index in [-0.39, 0.29) is 12.2 Å². The maximum atomic E-state index is 12.4. The number of hydrogen-bond acceptors (Lipinski definition) is 2. The van der Waals surface area contributed by atoms with Crippen LogP contribution < -0.4 is 5.32 Å². The van der Waals surface area contributed by atoms with Gasteiger partial charge in [0.2, 0.25) is 0 Å². The maximum absolute atomic E-state index is 12.4. The van der Waals surface area contributed by atoms with Gasteiger partial charge in [-0.15, -0.1) is 0 Å². The quantitative estimate of drug-likeness (QED) is 0.796. The third-order valence-electron chi connectivity index (χ3n) is 4.54. The summed E-state index contributed by atoms with van der Waals surface area (Å²) in [5.41, 5.74) is 0.279. The van der Waals surface area contributed by atoms with Crippen LogP contribution in [0, 0.1) is 11.8 Å². The number of nitrogens with zero attached hydrogens (tertiary/aromatic N) is 1. The predicted octanol–water partition coefficient (Wildman–Crippen LogP) is 2.44. The Morgan fingerprint density at radius 3 is 2.65 bits per heavy atom. The predicted molar refractivity (Wildman–Crippen MR) is 69.9 cm³/mol. The highest BCUT2D eigenvalue weighted by molar-refractivity contribution is 5.04. The van der Waals surface area contributed by atoms with Gasteiger partial charge in [0.25, 0.3) is 0 Å². The van der Waals surface area contributed by atoms with E-state index in [0.717, 1.165) is 25.6 Å². The molecule has 1 saturated heterocycles. The van der Waals surface area contributed by atoms with Crippen LogP contribution >= 0.6 is 0 Å². The van der Waals surface area contributed by atoms with Crippen molar-refractivity contribution >= 4 is 0 Å². The minimum atomic E-state index is -0.186. The summed E-state index contributed by atoms with van der Waals surface area (Å²) in [6.45, 7) is 9.79. The molecule has 2 rings (SSSR count). The van der Waals surface area contributed by atoms with Crippen molar-refractivity contribution in [1.82, 2.24) is 10.2 Å². The molecule has 1 saturated carbocycles. The summed E-state index contributed by atoms with van der Waals surface area (Å²) in [6.07, 6.45) is 3.42. The molecule has 2 fully saturated rings. The van der Waals surface area contributed by atoms with Gasteiger partial charge in [-0.25, -0.2) is 0 Å². The first-order valence-corrected chi connectivity index (χ1v) is 7.12. The Balaban J connectivity index is 1.98. The van der Waals surface area contributed by atoms with Gasteiger partial charge >= 0.3 is 0 Å². The van der Waals surface area contributed by atoms with Crippen LogP contribution in [-0.4, -0.2) is 42.8 Å². The summed E-state index contributed by atoms with van der Waals surface area (Å²) in [4.78, 5) is 2.53. The van der Waals surface area contributed by atoms with Gasteiger partial charge in [-0.2, -0.15) is 0 Å². The lowest BCUT2D eigenvalue weighted by atomic mass is 9.88. The van der Waals surface area contributed by atoms with Gasteiger partial charge in [0.05, 0.1) is 6.67 Å². The first-order chi connectivity index (χ1) is 8.07. The lowest BCUT2D eigenvalue weighted by Crippen LogP contribution is -2.65. The summed E-state index contributed by atoms with van der Waals surface area (Å²) in [5.74, 6) is 1.49. The van der Waals surface area contributed by atoms with Gasteiger partial charge in [0.1, 0.15) is 0 Å². The molecule has 100 valence electrons. The van der Waals surface area contributed by atoms with E-state index in [1.54, 1.807) is 0 Å². The van der Waals surface area contributed by atoms with Gasteiger partial charge < -0.3 is 5.32 Å². The number of nitrogens with one attached hydrogen (secondary N) is 1. The van der Waals surface area contributed by atoms with Gasteiger partial charge in [-0.05, 0) is 38.0 Å². The Morgan fingerprint density at radius 2 is 2.12 bits per heavy atom. The van der Waals surface area contributed by atoms with Crippen molar-refractivity contribution in [1.29, 1.82) is 0 Å². The lowest BCUT2D eigenvalue weighted by molar-refractivity contribution is 0.0502. The van der Waals surface area contributed by atoms with Crippen molar-refractivity contribution in [2.75, 3.05) is 26.3 Å². The summed E-state index contributed by atoms with van der Waals surface area (Å²) < 4.78 is 12.4. The molecule has 0 radical (unpaired) electrons. The lowest BCUT2D eigenvalue weighted by Gasteiger charge is -2.48. The molecular weight excluding hydrogens is 215 g/mol. The maximum Gasteiger partial charge on any atom is 0.0906 e. The van der Waals surface area contributed by atoms with Crippen molar-refractivity contribution in [3.63, 3.8) is 0 Å². The fourth-order valence-electron chi connectivity index (χ4n) is 3.22. The second kappa shape index (κ2) is 5.23. The molecule has 1 heterocycles. The zero-order chi connectivity index (χ0) is 12.5. The molecule has 0 bridgehead atoms. The van der Waals surface area contributed by atoms with E-state index in [4.69, 9.17) is 0 Å². The molecule has 2 aliphatic rings. The van der Waals surface area contributed by atoms with E-state index in [2.05, 4.69) is 31.0 Å². The van der Waals surface area contributed by atoms with Gasteiger partial charge in [-0.1, -0.05) is 13.8 Å². The van der Waals surface area contributed by atoms with Crippen LogP contribution in [0.3, 0.4) is 0 Å². The second-order valence-corrected chi connectivity index (χ2v) is 6.40. The number of hydrogen-bond donors (Lipinski definition) is 1. The van der Waals surface area contributed by atoms with Crippen LogP contribution in [0.1, 0.15) is 40.0 Å². The molecule has 0 amide bonds. The van der Waals surface area contributed by atoms with Gasteiger partial charge in [0, 0.05) is 31.2 Å². The fraction of sp³-hybridized carbons (Fsp3) is 1.00. The zero-order valence-corrected chi connectivity index (χ0v) is 11.5. The Morgan fingerprint density at radius 1 is 1.41 bits per heavy atom. The van der Waals surface area contributed by atoms with Crippen LogP contribution in [-0.2, 0) is 0 Å². The van der Waals surface area contributed by atoms with E-state index in [9.17, 15) is 4.39 Å². The number of halogens is 1. The van der Waals surface area contributed by atoms with Gasteiger partial charge in [0.15, 0.2) is 0 Å². The van der Waals surface area contributed by atoms with E-state index < -0.39 is 0 Å². The van der Waals surface area contributed by atoms with Crippen LogP contribution in [0.25, 0.3) is 0 Å². The van der Waals surface area contributed by atoms with Crippen LogP contribution in [0.4, 0.5) is 4.39 Å². The largest absolute Gasteiger partial charge is 0.308 e. The topological polar surface area (TPSA) is 15.3 Å². The van der Waals surface area contributed by atoms with Crippen molar-refractivity contribution in [3.05, 3.63) is 0 Å². The Hall–Kier alpha value is -0.150. The normalized spacial score (nSPS) is 35.5. The van der Waals surface area contributed by atoms with E-state index in [0.29, 0.717) is 18.4 Å². The van der Waals surface area contributed by atoms with Crippen molar-refractivity contribution in [2.24, 2.45) is 11.8 Å². The summed E-state index contributed by atoms with van der Waals surface area (Å²) >= 11 is 0. The third kappa shape index (κ3) is 3.00. The molecule has 0 aromatic carbocycles. The fourth-order valence-corrected chi connectivity index (χ4v) is 3.22. The highest BCUT2D eigenvalue weighted by Crippen LogP contribution is 2.41. The molecular formula is C14H27FN2. The molecule has 0 aromatic rings. The van der Waals surface area contributed by atoms with Crippen LogP contribution in [0.15, 0.2) is 0 Å². The standard InChI is InChI=1S/C14H27FN2/c1-11(2)13-9-16-14(3,12-5-6-12)10-17(13)8-4-7-15/h11-13,16H,4-10H2,1-3H3. The second-order valence-electron chi connectivity index (χ2n) is 6.40. The first-order valence-electron chi connectivity index (χ1n) is 7.12. The number of piperazine rings is 1. The average Bonchev–Trinajstić information content (AvgIpc) is 3.10. The molecule has 17 heavy (non-hydrogen) atoms. The smallest absolute Gasteiger partial charge is 0.0906 e.